The molecule has 1 heteroatoms. The highest BCUT2D eigenvalue weighted by Gasteiger charge is 1.95. The van der Waals surface area contributed by atoms with Gasteiger partial charge in [-0.15, -0.1) is 11.6 Å². The van der Waals surface area contributed by atoms with Crippen LogP contribution in [0.2, 0.25) is 0 Å². The highest BCUT2D eigenvalue weighted by atomic mass is 35.5. The Morgan fingerprint density at radius 1 is 1.50 bits per heavy atom. The summed E-state index contributed by atoms with van der Waals surface area (Å²) < 4.78 is 0. The van der Waals surface area contributed by atoms with Crippen LogP contribution in [-0.4, -0.2) is 0 Å². The molecule has 0 nitrogen and oxygen atoms in total. The van der Waals surface area contributed by atoms with Gasteiger partial charge in [-0.25, -0.2) is 0 Å². The molecule has 0 fully saturated rings. The Morgan fingerprint density at radius 3 is 2.70 bits per heavy atom. The van der Waals surface area contributed by atoms with Crippen molar-refractivity contribution < 1.29 is 0 Å². The van der Waals surface area contributed by atoms with E-state index >= 15 is 0 Å². The van der Waals surface area contributed by atoms with Crippen molar-refractivity contribution in [3.8, 4) is 0 Å². The fourth-order valence-corrected chi connectivity index (χ4v) is 1.16. The molecule has 0 aliphatic rings. The van der Waals surface area contributed by atoms with Crippen molar-refractivity contribution in [2.75, 3.05) is 0 Å². The summed E-state index contributed by atoms with van der Waals surface area (Å²) in [6.07, 6.45) is 0. The van der Waals surface area contributed by atoms with Gasteiger partial charge >= 0.3 is 0 Å². The Hall–Kier alpha value is -0.490. The molecule has 0 heterocycles. The van der Waals surface area contributed by atoms with Crippen molar-refractivity contribution in [1.82, 2.24) is 0 Å². The molecule has 0 unspecified atom stereocenters. The first kappa shape index (κ1) is 7.62. The average molecular weight is 154 g/mol. The van der Waals surface area contributed by atoms with Gasteiger partial charge in [0.15, 0.2) is 0 Å². The van der Waals surface area contributed by atoms with E-state index in [1.54, 1.807) is 0 Å². The number of aryl methyl sites for hydroxylation is 2. The largest absolute Gasteiger partial charge is 0.122 e. The van der Waals surface area contributed by atoms with Crippen LogP contribution in [0.25, 0.3) is 0 Å². The van der Waals surface area contributed by atoms with Crippen LogP contribution in [-0.2, 0) is 5.88 Å². The van der Waals surface area contributed by atoms with Gasteiger partial charge in [-0.1, -0.05) is 12.1 Å². The van der Waals surface area contributed by atoms with Gasteiger partial charge in [0.05, 0.1) is 0 Å². The Balaban J connectivity index is 3.09. The van der Waals surface area contributed by atoms with Crippen molar-refractivity contribution in [1.29, 1.82) is 0 Å². The van der Waals surface area contributed by atoms with Gasteiger partial charge in [0.25, 0.3) is 0 Å². The summed E-state index contributed by atoms with van der Waals surface area (Å²) in [4.78, 5) is 0. The van der Waals surface area contributed by atoms with Gasteiger partial charge in [-0.2, -0.15) is 0 Å². The van der Waals surface area contributed by atoms with E-state index in [0.29, 0.717) is 5.88 Å². The quantitative estimate of drug-likeness (QED) is 0.545. The molecule has 0 aliphatic carbocycles. The maximum Gasteiger partial charge on any atom is 0.0476 e. The second-order valence-electron chi connectivity index (χ2n) is 2.46. The SMILES string of the molecule is Cc1[c]cc(C)c(CCl)c1. The van der Waals surface area contributed by atoms with Crippen LogP contribution in [0.15, 0.2) is 12.1 Å². The van der Waals surface area contributed by atoms with Crippen LogP contribution < -0.4 is 0 Å². The topological polar surface area (TPSA) is 0 Å². The van der Waals surface area contributed by atoms with Crippen LogP contribution in [0.3, 0.4) is 0 Å². The highest BCUT2D eigenvalue weighted by molar-refractivity contribution is 6.17. The number of benzene rings is 1. The van der Waals surface area contributed by atoms with E-state index < -0.39 is 0 Å². The smallest absolute Gasteiger partial charge is 0.0476 e. The van der Waals surface area contributed by atoms with E-state index in [9.17, 15) is 0 Å². The number of hydrogen-bond acceptors (Lipinski definition) is 0. The van der Waals surface area contributed by atoms with Crippen molar-refractivity contribution in [2.45, 2.75) is 19.7 Å². The normalized spacial score (nSPS) is 9.90. The summed E-state index contributed by atoms with van der Waals surface area (Å²) >= 11 is 5.69. The molecule has 0 atom stereocenters. The molecule has 0 aliphatic heterocycles. The predicted molar refractivity (Wildman–Crippen MR) is 44.3 cm³/mol. The van der Waals surface area contributed by atoms with Gasteiger partial charge in [0.1, 0.15) is 0 Å². The van der Waals surface area contributed by atoms with Crippen molar-refractivity contribution in [3.63, 3.8) is 0 Å². The number of rotatable bonds is 1. The standard InChI is InChI=1S/C9H10Cl/c1-7-3-4-8(2)9(5-7)6-10/h4-5H,6H2,1-2H3. The van der Waals surface area contributed by atoms with Crippen LogP contribution >= 0.6 is 11.6 Å². The fraction of sp³-hybridized carbons (Fsp3) is 0.333. The van der Waals surface area contributed by atoms with E-state index in [4.69, 9.17) is 11.6 Å². The molecule has 53 valence electrons. The van der Waals surface area contributed by atoms with Gasteiger partial charge in [0.2, 0.25) is 0 Å². The minimum atomic E-state index is 0.599. The van der Waals surface area contributed by atoms with Gasteiger partial charge in [0, 0.05) is 5.88 Å². The molecule has 0 spiro atoms. The summed E-state index contributed by atoms with van der Waals surface area (Å²) in [7, 11) is 0. The molecule has 0 N–H and O–H groups in total. The van der Waals surface area contributed by atoms with E-state index in [1.807, 2.05) is 19.9 Å². The second kappa shape index (κ2) is 3.07. The third-order valence-corrected chi connectivity index (χ3v) is 1.85. The van der Waals surface area contributed by atoms with Crippen LogP contribution in [0.1, 0.15) is 16.7 Å². The first-order valence-corrected chi connectivity index (χ1v) is 3.81. The third-order valence-electron chi connectivity index (χ3n) is 1.56. The zero-order valence-corrected chi connectivity index (χ0v) is 7.00. The van der Waals surface area contributed by atoms with Crippen molar-refractivity contribution in [3.05, 3.63) is 34.9 Å². The summed E-state index contributed by atoms with van der Waals surface area (Å²) in [6, 6.07) is 7.17. The molecule has 10 heavy (non-hydrogen) atoms. The van der Waals surface area contributed by atoms with Crippen LogP contribution in [0, 0.1) is 19.9 Å². The van der Waals surface area contributed by atoms with Crippen molar-refractivity contribution >= 4 is 11.6 Å². The molecule has 1 rings (SSSR count). The van der Waals surface area contributed by atoms with Crippen molar-refractivity contribution in [2.24, 2.45) is 0 Å². The maximum absolute atomic E-state index is 5.69. The van der Waals surface area contributed by atoms with E-state index in [0.717, 1.165) is 5.56 Å². The first-order valence-electron chi connectivity index (χ1n) is 3.28. The Kier molecular flexibility index (Phi) is 2.34. The second-order valence-corrected chi connectivity index (χ2v) is 2.73. The molecule has 1 radical (unpaired) electrons. The summed E-state index contributed by atoms with van der Waals surface area (Å²) in [5, 5.41) is 0. The highest BCUT2D eigenvalue weighted by Crippen LogP contribution is 2.11. The fourth-order valence-electron chi connectivity index (χ4n) is 0.876. The molecular formula is C9H10Cl. The Morgan fingerprint density at radius 2 is 2.20 bits per heavy atom. The first-order chi connectivity index (χ1) is 4.74. The maximum atomic E-state index is 5.69. The van der Waals surface area contributed by atoms with Gasteiger partial charge < -0.3 is 0 Å². The number of halogens is 1. The third kappa shape index (κ3) is 1.51. The molecule has 0 saturated carbocycles. The summed E-state index contributed by atoms with van der Waals surface area (Å²) in [6.45, 7) is 4.07. The lowest BCUT2D eigenvalue weighted by molar-refractivity contribution is 1.26. The molecule has 0 saturated heterocycles. The minimum absolute atomic E-state index is 0.599. The lowest BCUT2D eigenvalue weighted by atomic mass is 10.1. The molecule has 0 amide bonds. The van der Waals surface area contributed by atoms with E-state index in [1.165, 1.54) is 11.1 Å². The molecule has 1 aromatic rings. The molecule has 0 aromatic heterocycles. The number of hydrogen-bond donors (Lipinski definition) is 0. The molecule has 1 aromatic carbocycles. The minimum Gasteiger partial charge on any atom is -0.122 e. The van der Waals surface area contributed by atoms with Gasteiger partial charge in [-0.3, -0.25) is 0 Å². The molecule has 0 bridgehead atoms. The Labute approximate surface area is 66.8 Å². The van der Waals surface area contributed by atoms with E-state index in [2.05, 4.69) is 12.1 Å². The summed E-state index contributed by atoms with van der Waals surface area (Å²) in [5.41, 5.74) is 3.58. The van der Waals surface area contributed by atoms with Crippen LogP contribution in [0.4, 0.5) is 0 Å². The Bertz CT molecular complexity index is 228. The number of alkyl halides is 1. The summed E-state index contributed by atoms with van der Waals surface area (Å²) in [5.74, 6) is 0.599. The van der Waals surface area contributed by atoms with E-state index in [-0.39, 0.29) is 0 Å². The lowest BCUT2D eigenvalue weighted by Crippen LogP contribution is -1.85. The molecular weight excluding hydrogens is 144 g/mol. The predicted octanol–water partition coefficient (Wildman–Crippen LogP) is 2.84. The van der Waals surface area contributed by atoms with Crippen LogP contribution in [0.5, 0.6) is 0 Å². The van der Waals surface area contributed by atoms with Gasteiger partial charge in [-0.05, 0) is 36.6 Å². The monoisotopic (exact) mass is 153 g/mol. The zero-order chi connectivity index (χ0) is 7.56. The lowest BCUT2D eigenvalue weighted by Gasteiger charge is -2.00. The zero-order valence-electron chi connectivity index (χ0n) is 6.24. The average Bonchev–Trinajstić information content (AvgIpc) is 1.94.